The number of nitrogens with one attached hydrogen (secondary N) is 1. The maximum atomic E-state index is 13.9. The van der Waals surface area contributed by atoms with Gasteiger partial charge in [0.1, 0.15) is 0 Å². The first-order valence-corrected chi connectivity index (χ1v) is 6.73. The topological polar surface area (TPSA) is 91.2 Å². The molecule has 1 aliphatic heterocycles. The number of hydrogen-bond acceptors (Lipinski definition) is 5. The molecule has 1 aromatic carbocycles. The third kappa shape index (κ3) is 5.07. The zero-order valence-electron chi connectivity index (χ0n) is 12.6. The maximum Gasteiger partial charge on any atom is 0.467 e. The average Bonchev–Trinajstić information content (AvgIpc) is 2.50. The van der Waals surface area contributed by atoms with Crippen LogP contribution < -0.4 is 15.5 Å². The Balaban J connectivity index is 0.000000921. The van der Waals surface area contributed by atoms with Crippen LogP contribution in [0.2, 0.25) is 0 Å². The molecule has 1 heterocycles. The summed E-state index contributed by atoms with van der Waals surface area (Å²) in [5.41, 5.74) is 0.402. The highest BCUT2D eigenvalue weighted by atomic mass is 19.1. The fourth-order valence-electron chi connectivity index (χ4n) is 1.47. The third-order valence-corrected chi connectivity index (χ3v) is 2.20. The quantitative estimate of drug-likeness (QED) is 0.723. The predicted molar refractivity (Wildman–Crippen MR) is 80.6 cm³/mol. The van der Waals surface area contributed by atoms with Crippen LogP contribution in [-0.2, 0) is 4.79 Å². The molecule has 0 fully saturated rings. The molecular weight excluding hydrogens is 278 g/mol. The van der Waals surface area contributed by atoms with E-state index in [1.165, 1.54) is 18.3 Å². The zero-order valence-corrected chi connectivity index (χ0v) is 12.6. The Kier molecular flexibility index (Phi) is 8.79. The smallest absolute Gasteiger partial charge is 0.467 e. The summed E-state index contributed by atoms with van der Waals surface area (Å²) in [6.45, 7) is 7.35. The van der Waals surface area contributed by atoms with E-state index in [9.17, 15) is 14.2 Å². The van der Waals surface area contributed by atoms with Crippen molar-refractivity contribution in [2.75, 3.05) is 6.61 Å². The first kappa shape index (κ1) is 18.9. The van der Waals surface area contributed by atoms with Crippen molar-refractivity contribution < 1.29 is 24.1 Å². The van der Waals surface area contributed by atoms with Crippen molar-refractivity contribution in [1.29, 1.82) is 0 Å². The molecule has 8 heteroatoms. The molecular formula is C13H20BFN2O4. The minimum absolute atomic E-state index is 0.0112. The lowest BCUT2D eigenvalue weighted by Gasteiger charge is -2.16. The normalized spacial score (nSPS) is 11.0. The second kappa shape index (κ2) is 9.76. The Morgan fingerprint density at radius 1 is 1.38 bits per heavy atom. The highest BCUT2D eigenvalue weighted by molar-refractivity contribution is 6.65. The molecule has 0 aliphatic carbocycles. The highest BCUT2D eigenvalue weighted by Crippen LogP contribution is 2.17. The zero-order chi connectivity index (χ0) is 16.4. The van der Waals surface area contributed by atoms with Gasteiger partial charge < -0.3 is 20.2 Å². The Bertz CT molecular complexity index is 497. The number of carboxylic acids is 1. The van der Waals surface area contributed by atoms with Gasteiger partial charge in [-0.15, -0.1) is 0 Å². The molecule has 0 amide bonds. The van der Waals surface area contributed by atoms with Gasteiger partial charge in [-0.05, 0) is 17.7 Å². The van der Waals surface area contributed by atoms with Gasteiger partial charge in [0.25, 0.3) is 0 Å². The largest absolute Gasteiger partial charge is 0.479 e. The van der Waals surface area contributed by atoms with Gasteiger partial charge in [0.15, 0.2) is 18.2 Å². The van der Waals surface area contributed by atoms with Crippen molar-refractivity contribution >= 4 is 24.7 Å². The molecule has 3 N–H and O–H groups in total. The summed E-state index contributed by atoms with van der Waals surface area (Å²) in [6, 6.07) is 2.78. The lowest BCUT2D eigenvalue weighted by atomic mass is 9.71. The SMILES string of the molecule is CC.CC.O=C(O)COc1ccc2c(c1F)B(O)NN=C2. The van der Waals surface area contributed by atoms with Crippen LogP contribution in [0.3, 0.4) is 0 Å². The summed E-state index contributed by atoms with van der Waals surface area (Å²) in [6.07, 6.45) is 1.35. The number of halogens is 1. The minimum atomic E-state index is -1.27. The summed E-state index contributed by atoms with van der Waals surface area (Å²) in [7, 11) is -1.27. The molecule has 21 heavy (non-hydrogen) atoms. The first-order chi connectivity index (χ1) is 10.1. The summed E-state index contributed by atoms with van der Waals surface area (Å²) < 4.78 is 18.6. The average molecular weight is 298 g/mol. The molecule has 6 nitrogen and oxygen atoms in total. The van der Waals surface area contributed by atoms with Crippen molar-refractivity contribution in [1.82, 2.24) is 5.34 Å². The van der Waals surface area contributed by atoms with Gasteiger partial charge in [0.05, 0.1) is 6.21 Å². The Hall–Kier alpha value is -2.09. The van der Waals surface area contributed by atoms with Crippen LogP contribution in [0, 0.1) is 5.82 Å². The van der Waals surface area contributed by atoms with Gasteiger partial charge in [-0.25, -0.2) is 9.18 Å². The van der Waals surface area contributed by atoms with Crippen molar-refractivity contribution in [3.63, 3.8) is 0 Å². The van der Waals surface area contributed by atoms with E-state index in [2.05, 4.69) is 10.4 Å². The van der Waals surface area contributed by atoms with Crippen molar-refractivity contribution in [3.05, 3.63) is 23.5 Å². The number of rotatable bonds is 3. The molecule has 0 saturated carbocycles. The molecule has 1 aromatic rings. The van der Waals surface area contributed by atoms with Crippen molar-refractivity contribution in [2.24, 2.45) is 5.10 Å². The van der Waals surface area contributed by atoms with Crippen LogP contribution in [0.5, 0.6) is 5.75 Å². The van der Waals surface area contributed by atoms with Crippen LogP contribution in [-0.4, -0.2) is 36.0 Å². The summed E-state index contributed by atoms with van der Waals surface area (Å²) in [5, 5.41) is 23.8. The summed E-state index contributed by atoms with van der Waals surface area (Å²) in [5.74, 6) is -2.22. The molecule has 0 saturated heterocycles. The van der Waals surface area contributed by atoms with E-state index in [4.69, 9.17) is 9.84 Å². The summed E-state index contributed by atoms with van der Waals surface area (Å²) in [4.78, 5) is 10.3. The number of hydrazone groups is 1. The van der Waals surface area contributed by atoms with Crippen LogP contribution in [0.4, 0.5) is 4.39 Å². The fraction of sp³-hybridized carbons (Fsp3) is 0.385. The summed E-state index contributed by atoms with van der Waals surface area (Å²) >= 11 is 0. The third-order valence-electron chi connectivity index (χ3n) is 2.20. The van der Waals surface area contributed by atoms with Crippen LogP contribution in [0.25, 0.3) is 0 Å². The van der Waals surface area contributed by atoms with E-state index in [1.807, 2.05) is 27.7 Å². The number of aliphatic carboxylic acids is 1. The van der Waals surface area contributed by atoms with E-state index in [0.29, 0.717) is 5.56 Å². The van der Waals surface area contributed by atoms with E-state index in [-0.39, 0.29) is 11.2 Å². The standard InChI is InChI=1S/C9H8BFN2O4.2C2H6/c11-9-6(17-4-7(14)15)2-1-5-3-12-13-10(16)8(5)9;2*1-2/h1-3,13,16H,4H2,(H,14,15);2*1-2H3. The second-order valence-corrected chi connectivity index (χ2v) is 3.35. The van der Waals surface area contributed by atoms with Gasteiger partial charge >= 0.3 is 13.0 Å². The number of fused-ring (bicyclic) bond motifs is 1. The number of nitrogens with zero attached hydrogens (tertiary/aromatic N) is 1. The molecule has 0 bridgehead atoms. The van der Waals surface area contributed by atoms with Crippen LogP contribution >= 0.6 is 0 Å². The molecule has 0 atom stereocenters. The van der Waals surface area contributed by atoms with Gasteiger partial charge in [0.2, 0.25) is 0 Å². The molecule has 2 rings (SSSR count). The van der Waals surface area contributed by atoms with Crippen LogP contribution in [0.1, 0.15) is 33.3 Å². The number of benzene rings is 1. The molecule has 0 unspecified atom stereocenters. The predicted octanol–water partition coefficient (Wildman–Crippen LogP) is 0.966. The monoisotopic (exact) mass is 298 g/mol. The Labute approximate surface area is 123 Å². The van der Waals surface area contributed by atoms with E-state index in [1.54, 1.807) is 0 Å². The number of ether oxygens (including phenoxy) is 1. The number of carbonyl (C=O) groups is 1. The lowest BCUT2D eigenvalue weighted by molar-refractivity contribution is -0.139. The minimum Gasteiger partial charge on any atom is -0.479 e. The van der Waals surface area contributed by atoms with Crippen LogP contribution in [0.15, 0.2) is 17.2 Å². The number of hydrogen-bond donors (Lipinski definition) is 3. The second-order valence-electron chi connectivity index (χ2n) is 3.35. The fourth-order valence-corrected chi connectivity index (χ4v) is 1.47. The van der Waals surface area contributed by atoms with Crippen molar-refractivity contribution in [3.8, 4) is 5.75 Å². The van der Waals surface area contributed by atoms with Gasteiger partial charge in [-0.2, -0.15) is 5.10 Å². The van der Waals surface area contributed by atoms with Crippen molar-refractivity contribution in [2.45, 2.75) is 27.7 Å². The van der Waals surface area contributed by atoms with Gasteiger partial charge in [-0.3, -0.25) is 0 Å². The lowest BCUT2D eigenvalue weighted by Crippen LogP contribution is -2.48. The molecule has 0 radical (unpaired) electrons. The van der Waals surface area contributed by atoms with E-state index in [0.717, 1.165) is 0 Å². The molecule has 1 aliphatic rings. The first-order valence-electron chi connectivity index (χ1n) is 6.73. The Morgan fingerprint density at radius 2 is 2.00 bits per heavy atom. The van der Waals surface area contributed by atoms with E-state index < -0.39 is 25.4 Å². The van der Waals surface area contributed by atoms with Gasteiger partial charge in [0, 0.05) is 5.46 Å². The number of carboxylic acid groups (broad SMARTS) is 1. The maximum absolute atomic E-state index is 13.9. The molecule has 116 valence electrons. The Morgan fingerprint density at radius 3 is 2.57 bits per heavy atom. The van der Waals surface area contributed by atoms with E-state index >= 15 is 0 Å². The molecule has 0 spiro atoms. The highest BCUT2D eigenvalue weighted by Gasteiger charge is 2.27. The molecule has 0 aromatic heterocycles. The van der Waals surface area contributed by atoms with Gasteiger partial charge in [-0.1, -0.05) is 27.7 Å².